The zero-order valence-corrected chi connectivity index (χ0v) is 12.2. The highest BCUT2D eigenvalue weighted by atomic mass is 35.5. The summed E-state index contributed by atoms with van der Waals surface area (Å²) in [7, 11) is -3.75. The molecular formula is C11H18ClFN2O2S. The summed E-state index contributed by atoms with van der Waals surface area (Å²) in [5.41, 5.74) is 5.24. The van der Waals surface area contributed by atoms with Crippen LogP contribution in [-0.4, -0.2) is 20.5 Å². The van der Waals surface area contributed by atoms with E-state index in [1.165, 1.54) is 12.1 Å². The van der Waals surface area contributed by atoms with Crippen molar-refractivity contribution in [1.29, 1.82) is 0 Å². The van der Waals surface area contributed by atoms with Crippen molar-refractivity contribution in [2.24, 2.45) is 5.73 Å². The van der Waals surface area contributed by atoms with E-state index in [-0.39, 0.29) is 23.8 Å². The van der Waals surface area contributed by atoms with Crippen LogP contribution in [0, 0.1) is 12.7 Å². The van der Waals surface area contributed by atoms with Gasteiger partial charge < -0.3 is 5.73 Å². The van der Waals surface area contributed by atoms with Crippen LogP contribution < -0.4 is 10.5 Å². The third-order valence-corrected chi connectivity index (χ3v) is 3.92. The summed E-state index contributed by atoms with van der Waals surface area (Å²) in [5, 5.41) is 0. The Balaban J connectivity index is 0.00000289. The molecule has 0 aliphatic carbocycles. The molecule has 104 valence electrons. The van der Waals surface area contributed by atoms with Crippen molar-refractivity contribution in [3.63, 3.8) is 0 Å². The van der Waals surface area contributed by atoms with E-state index < -0.39 is 21.4 Å². The molecule has 1 rings (SSSR count). The molecule has 0 bridgehead atoms. The monoisotopic (exact) mass is 296 g/mol. The molecule has 0 saturated heterocycles. The molecule has 7 heteroatoms. The van der Waals surface area contributed by atoms with Gasteiger partial charge in [0.05, 0.1) is 4.90 Å². The van der Waals surface area contributed by atoms with Crippen LogP contribution in [0.4, 0.5) is 4.39 Å². The summed E-state index contributed by atoms with van der Waals surface area (Å²) < 4.78 is 39.5. The molecular weight excluding hydrogens is 279 g/mol. The van der Waals surface area contributed by atoms with E-state index in [0.717, 1.165) is 6.07 Å². The number of nitrogens with two attached hydrogens (primary N) is 1. The Morgan fingerprint density at radius 3 is 2.33 bits per heavy atom. The zero-order chi connectivity index (χ0) is 13.3. The van der Waals surface area contributed by atoms with Crippen LogP contribution in [0.1, 0.15) is 19.4 Å². The van der Waals surface area contributed by atoms with Crippen molar-refractivity contribution >= 4 is 22.4 Å². The number of halogens is 2. The second kappa shape index (κ2) is 5.97. The van der Waals surface area contributed by atoms with Crippen molar-refractivity contribution in [3.05, 3.63) is 29.6 Å². The SMILES string of the molecule is Cc1cc(F)cc(S(=O)(=O)NC(C)(C)CN)c1.Cl. The van der Waals surface area contributed by atoms with E-state index in [1.54, 1.807) is 20.8 Å². The molecule has 0 fully saturated rings. The predicted octanol–water partition coefficient (Wildman–Crippen LogP) is 1.57. The van der Waals surface area contributed by atoms with Crippen LogP contribution in [0.3, 0.4) is 0 Å². The lowest BCUT2D eigenvalue weighted by atomic mass is 10.1. The fourth-order valence-corrected chi connectivity index (χ4v) is 2.86. The number of rotatable bonds is 4. The van der Waals surface area contributed by atoms with Crippen LogP contribution in [-0.2, 0) is 10.0 Å². The maximum Gasteiger partial charge on any atom is 0.241 e. The molecule has 0 heterocycles. The Morgan fingerprint density at radius 2 is 1.89 bits per heavy atom. The number of hydrogen-bond donors (Lipinski definition) is 2. The number of hydrogen-bond acceptors (Lipinski definition) is 3. The van der Waals surface area contributed by atoms with Crippen molar-refractivity contribution in [3.8, 4) is 0 Å². The molecule has 0 aliphatic heterocycles. The standard InChI is InChI=1S/C11H17FN2O2S.ClH/c1-8-4-9(12)6-10(5-8)17(15,16)14-11(2,3)7-13;/h4-6,14H,7,13H2,1-3H3;1H. The Labute approximate surface area is 113 Å². The molecule has 0 spiro atoms. The van der Waals surface area contributed by atoms with Crippen molar-refractivity contribution in [2.45, 2.75) is 31.2 Å². The minimum absolute atomic E-state index is 0. The number of sulfonamides is 1. The third-order valence-electron chi connectivity index (χ3n) is 2.25. The first kappa shape index (κ1) is 17.3. The number of aryl methyl sites for hydroxylation is 1. The van der Waals surface area contributed by atoms with Gasteiger partial charge in [0.25, 0.3) is 0 Å². The van der Waals surface area contributed by atoms with Gasteiger partial charge in [-0.15, -0.1) is 12.4 Å². The fourth-order valence-electron chi connectivity index (χ4n) is 1.32. The second-order valence-corrected chi connectivity index (χ2v) is 6.34. The molecule has 0 saturated carbocycles. The van der Waals surface area contributed by atoms with Gasteiger partial charge in [-0.1, -0.05) is 0 Å². The van der Waals surface area contributed by atoms with E-state index >= 15 is 0 Å². The largest absolute Gasteiger partial charge is 0.329 e. The Bertz CT molecular complexity index is 498. The summed E-state index contributed by atoms with van der Waals surface area (Å²) >= 11 is 0. The minimum atomic E-state index is -3.75. The van der Waals surface area contributed by atoms with Gasteiger partial charge in [0, 0.05) is 12.1 Å². The van der Waals surface area contributed by atoms with Crippen LogP contribution in [0.5, 0.6) is 0 Å². The Hall–Kier alpha value is -0.690. The quantitative estimate of drug-likeness (QED) is 0.886. The minimum Gasteiger partial charge on any atom is -0.329 e. The van der Waals surface area contributed by atoms with Gasteiger partial charge >= 0.3 is 0 Å². The highest BCUT2D eigenvalue weighted by molar-refractivity contribution is 7.89. The van der Waals surface area contributed by atoms with Gasteiger partial charge in [0.15, 0.2) is 0 Å². The van der Waals surface area contributed by atoms with Crippen LogP contribution in [0.15, 0.2) is 23.1 Å². The topological polar surface area (TPSA) is 72.2 Å². The number of benzene rings is 1. The Morgan fingerprint density at radius 1 is 1.33 bits per heavy atom. The molecule has 0 aliphatic rings. The summed E-state index contributed by atoms with van der Waals surface area (Å²) in [6, 6.07) is 3.67. The normalized spacial score (nSPS) is 12.1. The molecule has 3 N–H and O–H groups in total. The van der Waals surface area contributed by atoms with Gasteiger partial charge in [-0.25, -0.2) is 17.5 Å². The van der Waals surface area contributed by atoms with Crippen molar-refractivity contribution in [1.82, 2.24) is 4.72 Å². The predicted molar refractivity (Wildman–Crippen MR) is 71.8 cm³/mol. The molecule has 0 radical (unpaired) electrons. The molecule has 4 nitrogen and oxygen atoms in total. The average Bonchev–Trinajstić information content (AvgIpc) is 2.14. The first-order chi connectivity index (χ1) is 7.66. The van der Waals surface area contributed by atoms with E-state index in [9.17, 15) is 12.8 Å². The Kier molecular flexibility index (Phi) is 5.74. The van der Waals surface area contributed by atoms with Gasteiger partial charge in [0.1, 0.15) is 5.82 Å². The van der Waals surface area contributed by atoms with Crippen LogP contribution >= 0.6 is 12.4 Å². The lowest BCUT2D eigenvalue weighted by Gasteiger charge is -2.23. The van der Waals surface area contributed by atoms with E-state index in [4.69, 9.17) is 5.73 Å². The summed E-state index contributed by atoms with van der Waals surface area (Å²) in [4.78, 5) is -0.0866. The highest BCUT2D eigenvalue weighted by Gasteiger charge is 2.25. The van der Waals surface area contributed by atoms with Crippen LogP contribution in [0.2, 0.25) is 0 Å². The van der Waals surface area contributed by atoms with Gasteiger partial charge in [-0.2, -0.15) is 0 Å². The molecule has 0 atom stereocenters. The third kappa shape index (κ3) is 4.53. The van der Waals surface area contributed by atoms with Gasteiger partial charge in [0.2, 0.25) is 10.0 Å². The second-order valence-electron chi connectivity index (χ2n) is 4.66. The van der Waals surface area contributed by atoms with Gasteiger partial charge in [-0.05, 0) is 44.5 Å². The van der Waals surface area contributed by atoms with E-state index in [0.29, 0.717) is 5.56 Å². The lowest BCUT2D eigenvalue weighted by Crippen LogP contribution is -2.48. The first-order valence-corrected chi connectivity index (χ1v) is 6.66. The molecule has 0 amide bonds. The zero-order valence-electron chi connectivity index (χ0n) is 10.5. The van der Waals surface area contributed by atoms with Crippen LogP contribution in [0.25, 0.3) is 0 Å². The molecule has 1 aromatic rings. The molecule has 1 aromatic carbocycles. The first-order valence-electron chi connectivity index (χ1n) is 5.17. The summed E-state index contributed by atoms with van der Waals surface area (Å²) in [6.45, 7) is 5.12. The fraction of sp³-hybridized carbons (Fsp3) is 0.455. The lowest BCUT2D eigenvalue weighted by molar-refractivity contribution is 0.462. The highest BCUT2D eigenvalue weighted by Crippen LogP contribution is 2.16. The maximum absolute atomic E-state index is 13.2. The van der Waals surface area contributed by atoms with E-state index in [2.05, 4.69) is 4.72 Å². The van der Waals surface area contributed by atoms with Crippen molar-refractivity contribution < 1.29 is 12.8 Å². The summed E-state index contributed by atoms with van der Waals surface area (Å²) in [6.07, 6.45) is 0. The number of nitrogens with one attached hydrogen (secondary N) is 1. The molecule has 0 unspecified atom stereocenters. The van der Waals surface area contributed by atoms with Gasteiger partial charge in [-0.3, -0.25) is 0 Å². The smallest absolute Gasteiger partial charge is 0.241 e. The van der Waals surface area contributed by atoms with E-state index in [1.807, 2.05) is 0 Å². The molecule has 0 aromatic heterocycles. The average molecular weight is 297 g/mol. The summed E-state index contributed by atoms with van der Waals surface area (Å²) in [5.74, 6) is -0.573. The van der Waals surface area contributed by atoms with Crippen molar-refractivity contribution in [2.75, 3.05) is 6.54 Å². The maximum atomic E-state index is 13.2. The molecule has 18 heavy (non-hydrogen) atoms.